The van der Waals surface area contributed by atoms with Crippen LogP contribution < -0.4 is 5.53 Å². The molecule has 0 radical (unpaired) electrons. The molecule has 132 valence electrons. The number of nitriles is 1. The molecule has 1 aliphatic rings. The van der Waals surface area contributed by atoms with Gasteiger partial charge in [-0.2, -0.15) is 5.26 Å². The largest absolute Gasteiger partial charge is 0.282 e. The molecule has 1 heterocycles. The van der Waals surface area contributed by atoms with Gasteiger partial charge in [0.1, 0.15) is 12.1 Å². The van der Waals surface area contributed by atoms with E-state index in [-0.39, 0.29) is 6.54 Å². The number of nitrogens with zero attached hydrogens (tertiary/aromatic N) is 3. The summed E-state index contributed by atoms with van der Waals surface area (Å²) < 4.78 is 0. The van der Waals surface area contributed by atoms with Gasteiger partial charge in [-0.05, 0) is 16.7 Å². The van der Waals surface area contributed by atoms with Gasteiger partial charge in [0, 0.05) is 12.4 Å². The Kier molecular flexibility index (Phi) is 4.61. The Labute approximate surface area is 159 Å². The highest BCUT2D eigenvalue weighted by Gasteiger charge is 2.43. The van der Waals surface area contributed by atoms with Gasteiger partial charge in [0.25, 0.3) is 0 Å². The van der Waals surface area contributed by atoms with Gasteiger partial charge < -0.3 is 0 Å². The van der Waals surface area contributed by atoms with Gasteiger partial charge in [0.2, 0.25) is 0 Å². The third kappa shape index (κ3) is 2.95. The van der Waals surface area contributed by atoms with Crippen LogP contribution in [0.15, 0.2) is 103 Å². The topological polar surface area (TPSA) is 42.3 Å². The molecule has 0 spiro atoms. The lowest BCUT2D eigenvalue weighted by Gasteiger charge is -2.43. The van der Waals surface area contributed by atoms with E-state index in [4.69, 9.17) is 5.26 Å². The van der Waals surface area contributed by atoms with Crippen LogP contribution in [-0.2, 0) is 5.54 Å². The van der Waals surface area contributed by atoms with Crippen molar-refractivity contribution in [3.63, 3.8) is 0 Å². The lowest BCUT2D eigenvalue weighted by Crippen LogP contribution is -2.53. The van der Waals surface area contributed by atoms with Crippen LogP contribution in [0.2, 0.25) is 0 Å². The number of rotatable bonds is 5. The lowest BCUT2D eigenvalue weighted by atomic mass is 9.76. The Bertz CT molecular complexity index is 849. The van der Waals surface area contributed by atoms with Crippen LogP contribution in [0.3, 0.4) is 0 Å². The van der Waals surface area contributed by atoms with Crippen LogP contribution in [0.5, 0.6) is 0 Å². The van der Waals surface area contributed by atoms with E-state index < -0.39 is 5.54 Å². The Balaban J connectivity index is 1.96. The summed E-state index contributed by atoms with van der Waals surface area (Å²) in [4.78, 5) is 0. The van der Waals surface area contributed by atoms with Crippen molar-refractivity contribution >= 4 is 0 Å². The van der Waals surface area contributed by atoms with Crippen molar-refractivity contribution in [3.8, 4) is 6.07 Å². The highest BCUT2D eigenvalue weighted by molar-refractivity contribution is 5.50. The third-order valence-corrected chi connectivity index (χ3v) is 4.81. The molecule has 4 rings (SSSR count). The van der Waals surface area contributed by atoms with Crippen LogP contribution in [0, 0.1) is 11.3 Å². The van der Waals surface area contributed by atoms with Crippen molar-refractivity contribution in [2.45, 2.75) is 5.54 Å². The molecule has 0 atom stereocenters. The molecular formula is C23H20N4. The van der Waals surface area contributed by atoms with Gasteiger partial charge in [-0.3, -0.25) is 10.0 Å². The summed E-state index contributed by atoms with van der Waals surface area (Å²) in [5.74, 6) is 0. The van der Waals surface area contributed by atoms with Crippen LogP contribution in [0.25, 0.3) is 0 Å². The molecule has 1 N–H and O–H groups in total. The van der Waals surface area contributed by atoms with Crippen LogP contribution >= 0.6 is 0 Å². The average molecular weight is 352 g/mol. The van der Waals surface area contributed by atoms with E-state index in [2.05, 4.69) is 89.4 Å². The normalized spacial score (nSPS) is 13.6. The van der Waals surface area contributed by atoms with Crippen molar-refractivity contribution in [1.29, 1.82) is 5.26 Å². The van der Waals surface area contributed by atoms with Crippen molar-refractivity contribution in [1.82, 2.24) is 15.6 Å². The van der Waals surface area contributed by atoms with Crippen molar-refractivity contribution in [2.24, 2.45) is 0 Å². The summed E-state index contributed by atoms with van der Waals surface area (Å²) >= 11 is 0. The number of hydrogen-bond acceptors (Lipinski definition) is 4. The average Bonchev–Trinajstić information content (AvgIpc) is 3.20. The monoisotopic (exact) mass is 352 g/mol. The Morgan fingerprint density at radius 2 is 1.15 bits per heavy atom. The molecule has 3 aromatic rings. The predicted octanol–water partition coefficient (Wildman–Crippen LogP) is 4.01. The molecule has 0 amide bonds. The third-order valence-electron chi connectivity index (χ3n) is 4.81. The van der Waals surface area contributed by atoms with Gasteiger partial charge in [0.15, 0.2) is 0 Å². The van der Waals surface area contributed by atoms with Crippen LogP contribution in [0.4, 0.5) is 0 Å². The van der Waals surface area contributed by atoms with E-state index in [1.807, 2.05) is 30.6 Å². The molecule has 0 unspecified atom stereocenters. The Morgan fingerprint density at radius 1 is 0.704 bits per heavy atom. The van der Waals surface area contributed by atoms with E-state index in [0.29, 0.717) is 0 Å². The summed E-state index contributed by atoms with van der Waals surface area (Å²) in [5, 5.41) is 12.9. The molecule has 3 aromatic carbocycles. The molecule has 27 heavy (non-hydrogen) atoms. The summed E-state index contributed by atoms with van der Waals surface area (Å²) in [6, 6.07) is 33.5. The first-order valence-electron chi connectivity index (χ1n) is 8.90. The van der Waals surface area contributed by atoms with Gasteiger partial charge in [-0.1, -0.05) is 91.0 Å². The van der Waals surface area contributed by atoms with Crippen LogP contribution in [-0.4, -0.2) is 16.6 Å². The molecule has 0 aliphatic carbocycles. The first-order valence-corrected chi connectivity index (χ1v) is 8.90. The maximum atomic E-state index is 9.08. The fraction of sp³-hybridized carbons (Fsp3) is 0.0870. The summed E-state index contributed by atoms with van der Waals surface area (Å²) in [5.41, 5.74) is 6.19. The molecule has 4 nitrogen and oxygen atoms in total. The zero-order valence-corrected chi connectivity index (χ0v) is 14.9. The zero-order chi connectivity index (χ0) is 18.5. The van der Waals surface area contributed by atoms with Gasteiger partial charge in [0.05, 0.1) is 6.07 Å². The Morgan fingerprint density at radius 3 is 1.56 bits per heavy atom. The minimum Gasteiger partial charge on any atom is -0.282 e. The Hall–Kier alpha value is -3.55. The summed E-state index contributed by atoms with van der Waals surface area (Å²) in [6.07, 6.45) is 3.89. The van der Waals surface area contributed by atoms with E-state index in [0.717, 1.165) is 16.7 Å². The molecule has 0 saturated heterocycles. The van der Waals surface area contributed by atoms with E-state index in [1.165, 1.54) is 0 Å². The van der Waals surface area contributed by atoms with E-state index in [9.17, 15) is 0 Å². The highest BCUT2D eigenvalue weighted by Crippen LogP contribution is 2.42. The van der Waals surface area contributed by atoms with E-state index in [1.54, 1.807) is 5.01 Å². The highest BCUT2D eigenvalue weighted by atomic mass is 15.8. The van der Waals surface area contributed by atoms with Crippen molar-refractivity contribution < 1.29 is 0 Å². The first-order chi connectivity index (χ1) is 13.4. The second-order valence-electron chi connectivity index (χ2n) is 6.36. The number of hydrogen-bond donors (Lipinski definition) is 1. The summed E-state index contributed by atoms with van der Waals surface area (Å²) in [6.45, 7) is 0.265. The fourth-order valence-corrected chi connectivity index (χ4v) is 3.66. The SMILES string of the molecule is N#CCN1C=CN(C(c2ccccc2)(c2ccccc2)c2ccccc2)N1. The molecule has 0 bridgehead atoms. The van der Waals surface area contributed by atoms with Gasteiger partial charge >= 0.3 is 0 Å². The maximum absolute atomic E-state index is 9.08. The summed E-state index contributed by atoms with van der Waals surface area (Å²) in [7, 11) is 0. The number of nitrogens with one attached hydrogen (secondary N) is 1. The standard InChI is InChI=1S/C23H20N4/c24-16-17-26-18-19-27(25-26)23(20-10-4-1-5-11-20,21-12-6-2-7-13-21)22-14-8-3-9-15-22/h1-15,18-19,25H,17H2. The van der Waals surface area contributed by atoms with Crippen LogP contribution in [0.1, 0.15) is 16.7 Å². The molecule has 0 aromatic heterocycles. The second kappa shape index (κ2) is 7.36. The molecule has 1 aliphatic heterocycles. The van der Waals surface area contributed by atoms with Crippen molar-refractivity contribution in [2.75, 3.05) is 6.54 Å². The minimum absolute atomic E-state index is 0.265. The van der Waals surface area contributed by atoms with E-state index >= 15 is 0 Å². The second-order valence-corrected chi connectivity index (χ2v) is 6.36. The number of benzene rings is 3. The predicted molar refractivity (Wildman–Crippen MR) is 106 cm³/mol. The lowest BCUT2D eigenvalue weighted by molar-refractivity contribution is 0.0808. The quantitative estimate of drug-likeness (QED) is 0.556. The van der Waals surface area contributed by atoms with Crippen molar-refractivity contribution in [3.05, 3.63) is 120 Å². The van der Waals surface area contributed by atoms with Gasteiger partial charge in [-0.25, -0.2) is 0 Å². The minimum atomic E-state index is -0.579. The van der Waals surface area contributed by atoms with Gasteiger partial charge in [-0.15, -0.1) is 5.53 Å². The number of hydrazine groups is 2. The smallest absolute Gasteiger partial charge is 0.132 e. The zero-order valence-electron chi connectivity index (χ0n) is 14.9. The molecule has 4 heteroatoms. The fourth-order valence-electron chi connectivity index (χ4n) is 3.66. The first kappa shape index (κ1) is 16.9. The molecule has 0 saturated carbocycles. The molecule has 0 fully saturated rings. The molecular weight excluding hydrogens is 332 g/mol. The maximum Gasteiger partial charge on any atom is 0.132 e.